The molecule has 0 unspecified atom stereocenters. The Labute approximate surface area is 203 Å². The van der Waals surface area contributed by atoms with Gasteiger partial charge in [0.1, 0.15) is 6.07 Å². The maximum absolute atomic E-state index is 13.2. The zero-order valence-electron chi connectivity index (χ0n) is 19.0. The zero-order valence-corrected chi connectivity index (χ0v) is 19.0. The van der Waals surface area contributed by atoms with Crippen LogP contribution in [0, 0.1) is 18.3 Å². The predicted molar refractivity (Wildman–Crippen MR) is 120 cm³/mol. The number of aromatic nitrogens is 3. The average Bonchev–Trinajstić information content (AvgIpc) is 3.63. The number of anilines is 1. The molecule has 0 aliphatic carbocycles. The summed E-state index contributed by atoms with van der Waals surface area (Å²) in [5.74, 6) is 0.631. The highest BCUT2D eigenvalue weighted by Crippen LogP contribution is 2.31. The molecule has 0 bridgehead atoms. The number of furan rings is 1. The molecule has 1 aromatic carbocycles. The van der Waals surface area contributed by atoms with E-state index in [4.69, 9.17) is 8.83 Å². The number of hydrogen-bond acceptors (Lipinski definition) is 7. The van der Waals surface area contributed by atoms with Gasteiger partial charge in [-0.2, -0.15) is 28.5 Å². The zero-order chi connectivity index (χ0) is 25.4. The molecule has 4 heterocycles. The first kappa shape index (κ1) is 23.2. The molecule has 4 aromatic rings. The lowest BCUT2D eigenvalue weighted by atomic mass is 10.1. The fraction of sp³-hybridized carbons (Fsp3) is 0.250. The van der Waals surface area contributed by atoms with Crippen molar-refractivity contribution in [3.63, 3.8) is 0 Å². The number of piperazine rings is 1. The van der Waals surface area contributed by atoms with Crippen molar-refractivity contribution < 1.29 is 26.8 Å². The second kappa shape index (κ2) is 8.92. The van der Waals surface area contributed by atoms with E-state index in [9.17, 15) is 23.2 Å². The molecule has 0 saturated carbocycles. The van der Waals surface area contributed by atoms with E-state index >= 15 is 0 Å². The van der Waals surface area contributed by atoms with Crippen LogP contribution in [0.15, 0.2) is 57.7 Å². The number of benzene rings is 1. The number of amides is 1. The van der Waals surface area contributed by atoms with E-state index in [1.54, 1.807) is 24.0 Å². The van der Waals surface area contributed by atoms with E-state index in [1.807, 2.05) is 11.0 Å². The summed E-state index contributed by atoms with van der Waals surface area (Å²) in [6.07, 6.45) is -1.64. The van der Waals surface area contributed by atoms with E-state index in [0.29, 0.717) is 49.1 Å². The smallest absolute Gasteiger partial charge is 0.416 e. The van der Waals surface area contributed by atoms with Gasteiger partial charge in [0.2, 0.25) is 11.6 Å². The van der Waals surface area contributed by atoms with Crippen molar-refractivity contribution in [3.8, 4) is 23.4 Å². The summed E-state index contributed by atoms with van der Waals surface area (Å²) in [5.41, 5.74) is 0.288. The predicted octanol–water partition coefficient (Wildman–Crippen LogP) is 4.28. The Kier molecular flexibility index (Phi) is 5.75. The van der Waals surface area contributed by atoms with E-state index in [2.05, 4.69) is 10.1 Å². The van der Waals surface area contributed by atoms with Crippen LogP contribution in [0.1, 0.15) is 27.3 Å². The minimum absolute atomic E-state index is 0.124. The van der Waals surface area contributed by atoms with Crippen LogP contribution in [-0.2, 0) is 6.18 Å². The normalized spacial score (nSPS) is 14.2. The molecule has 12 heteroatoms. The highest BCUT2D eigenvalue weighted by atomic mass is 19.4. The van der Waals surface area contributed by atoms with Crippen LogP contribution < -0.4 is 4.90 Å². The lowest BCUT2D eigenvalue weighted by Crippen LogP contribution is -2.49. The lowest BCUT2D eigenvalue weighted by molar-refractivity contribution is -0.137. The van der Waals surface area contributed by atoms with Crippen molar-refractivity contribution in [1.82, 2.24) is 19.7 Å². The second-order valence-electron chi connectivity index (χ2n) is 8.14. The van der Waals surface area contributed by atoms with Crippen LogP contribution in [0.3, 0.4) is 0 Å². The van der Waals surface area contributed by atoms with Crippen LogP contribution in [0.25, 0.3) is 17.3 Å². The topological polar surface area (TPSA) is 104 Å². The summed E-state index contributed by atoms with van der Waals surface area (Å²) >= 11 is 0. The number of nitriles is 1. The average molecular weight is 496 g/mol. The van der Waals surface area contributed by atoms with Crippen LogP contribution in [0.2, 0.25) is 0 Å². The Balaban J connectivity index is 1.30. The highest BCUT2D eigenvalue weighted by Gasteiger charge is 2.32. The number of carbonyl (C=O) groups is 1. The summed E-state index contributed by atoms with van der Waals surface area (Å²) in [6.45, 7) is 3.12. The lowest BCUT2D eigenvalue weighted by Gasteiger charge is -2.34. The monoisotopic (exact) mass is 496 g/mol. The van der Waals surface area contributed by atoms with Gasteiger partial charge in [-0.15, -0.1) is 0 Å². The molecule has 0 atom stereocenters. The molecule has 3 aromatic heterocycles. The number of carbonyl (C=O) groups excluding carboxylic acids is 1. The van der Waals surface area contributed by atoms with Gasteiger partial charge in [0.05, 0.1) is 35.0 Å². The largest absolute Gasteiger partial charge is 0.459 e. The fourth-order valence-electron chi connectivity index (χ4n) is 4.08. The van der Waals surface area contributed by atoms with Crippen molar-refractivity contribution >= 4 is 11.8 Å². The maximum atomic E-state index is 13.2. The van der Waals surface area contributed by atoms with Crippen molar-refractivity contribution in [2.24, 2.45) is 0 Å². The third-order valence-corrected chi connectivity index (χ3v) is 5.96. The Morgan fingerprint density at radius 2 is 1.92 bits per heavy atom. The molecule has 0 spiro atoms. The fourth-order valence-corrected chi connectivity index (χ4v) is 4.08. The van der Waals surface area contributed by atoms with Crippen LogP contribution in [0.5, 0.6) is 0 Å². The van der Waals surface area contributed by atoms with E-state index in [-0.39, 0.29) is 23.2 Å². The van der Waals surface area contributed by atoms with Gasteiger partial charge in [0.25, 0.3) is 11.8 Å². The van der Waals surface area contributed by atoms with Crippen LogP contribution >= 0.6 is 0 Å². The molecule has 1 fully saturated rings. The van der Waals surface area contributed by atoms with Gasteiger partial charge in [-0.1, -0.05) is 6.07 Å². The Morgan fingerprint density at radius 1 is 1.14 bits per heavy atom. The van der Waals surface area contributed by atoms with Gasteiger partial charge >= 0.3 is 6.18 Å². The minimum Gasteiger partial charge on any atom is -0.459 e. The molecule has 5 rings (SSSR count). The molecule has 36 heavy (non-hydrogen) atoms. The molecule has 0 radical (unpaired) electrons. The first-order valence-electron chi connectivity index (χ1n) is 11.0. The number of alkyl halides is 3. The maximum Gasteiger partial charge on any atom is 0.416 e. The first-order valence-corrected chi connectivity index (χ1v) is 11.0. The molecule has 1 aliphatic rings. The van der Waals surface area contributed by atoms with Crippen molar-refractivity contribution in [2.45, 2.75) is 13.1 Å². The van der Waals surface area contributed by atoms with Crippen LogP contribution in [0.4, 0.5) is 19.1 Å². The molecule has 9 nitrogen and oxygen atoms in total. The number of hydrogen-bond donors (Lipinski definition) is 0. The quantitative estimate of drug-likeness (QED) is 0.415. The summed E-state index contributed by atoms with van der Waals surface area (Å²) in [4.78, 5) is 20.8. The van der Waals surface area contributed by atoms with E-state index in [1.165, 1.54) is 29.3 Å². The number of oxazole rings is 1. The van der Waals surface area contributed by atoms with Gasteiger partial charge in [-0.05, 0) is 37.3 Å². The Hall–Kier alpha value is -4.53. The van der Waals surface area contributed by atoms with Gasteiger partial charge in [0.15, 0.2) is 5.76 Å². The number of rotatable bonds is 4. The summed E-state index contributed by atoms with van der Waals surface area (Å²) < 4.78 is 51.7. The van der Waals surface area contributed by atoms with Gasteiger partial charge < -0.3 is 18.6 Å². The molecular formula is C24H19F3N6O3. The third kappa shape index (κ3) is 4.19. The Bertz CT molecular complexity index is 1440. The first-order chi connectivity index (χ1) is 17.3. The molecular weight excluding hydrogens is 477 g/mol. The highest BCUT2D eigenvalue weighted by molar-refractivity contribution is 5.95. The number of halogens is 3. The van der Waals surface area contributed by atoms with Crippen molar-refractivity contribution in [1.29, 1.82) is 5.26 Å². The molecule has 1 aliphatic heterocycles. The van der Waals surface area contributed by atoms with Gasteiger partial charge in [0, 0.05) is 26.2 Å². The molecule has 184 valence electrons. The van der Waals surface area contributed by atoms with Crippen molar-refractivity contribution in [2.75, 3.05) is 31.1 Å². The van der Waals surface area contributed by atoms with Gasteiger partial charge in [-0.3, -0.25) is 4.79 Å². The molecule has 1 saturated heterocycles. The molecule has 1 amide bonds. The van der Waals surface area contributed by atoms with Gasteiger partial charge in [-0.25, -0.2) is 4.68 Å². The van der Waals surface area contributed by atoms with Crippen LogP contribution in [-0.4, -0.2) is 51.8 Å². The third-order valence-electron chi connectivity index (χ3n) is 5.96. The summed E-state index contributed by atoms with van der Waals surface area (Å²) in [5, 5.41) is 13.6. The second-order valence-corrected chi connectivity index (χ2v) is 8.14. The van der Waals surface area contributed by atoms with E-state index in [0.717, 1.165) is 12.1 Å². The van der Waals surface area contributed by atoms with E-state index < -0.39 is 11.7 Å². The Morgan fingerprint density at radius 3 is 2.58 bits per heavy atom. The summed E-state index contributed by atoms with van der Waals surface area (Å²) in [6, 6.07) is 10.2. The summed E-state index contributed by atoms with van der Waals surface area (Å²) in [7, 11) is 0. The van der Waals surface area contributed by atoms with Crippen molar-refractivity contribution in [3.05, 3.63) is 71.4 Å². The molecule has 0 N–H and O–H groups in total. The minimum atomic E-state index is -4.48. The standard InChI is InChI=1S/C24H19F3N6O3/c1-15-18(14-29-33(15)17-5-2-4-16(12-17)24(25,26)27)22(34)31-7-9-32(10-8-31)23-19(13-28)30-21(36-23)20-6-3-11-35-20/h2-6,11-12,14H,7-10H2,1H3. The SMILES string of the molecule is Cc1c(C(=O)N2CCN(c3oc(-c4ccco4)nc3C#N)CC2)cnn1-c1cccc(C(F)(F)F)c1. The number of nitrogens with zero attached hydrogens (tertiary/aromatic N) is 6.